The molecule has 0 bridgehead atoms. The number of aryl methyl sites for hydroxylation is 2. The zero-order valence-corrected chi connectivity index (χ0v) is 24.9. The van der Waals surface area contributed by atoms with Crippen molar-refractivity contribution in [2.75, 3.05) is 4.90 Å². The van der Waals surface area contributed by atoms with Crippen LogP contribution < -0.4 is 4.90 Å². The second-order valence-corrected chi connectivity index (χ2v) is 12.4. The Morgan fingerprint density at radius 3 is 2.56 bits per heavy atom. The number of hydrogen-bond donors (Lipinski definition) is 1. The van der Waals surface area contributed by atoms with E-state index >= 15 is 0 Å². The molecule has 1 saturated heterocycles. The predicted molar refractivity (Wildman–Crippen MR) is 162 cm³/mol. The number of imidazole rings is 1. The lowest BCUT2D eigenvalue weighted by atomic mass is 9.96. The second kappa shape index (κ2) is 10.9. The number of aliphatic hydroxyl groups is 1. The van der Waals surface area contributed by atoms with Crippen LogP contribution in [0.3, 0.4) is 0 Å². The van der Waals surface area contributed by atoms with E-state index in [1.165, 1.54) is 33.6 Å². The van der Waals surface area contributed by atoms with E-state index in [2.05, 4.69) is 27.3 Å². The monoisotopic (exact) mass is 621 g/mol. The van der Waals surface area contributed by atoms with Crippen LogP contribution in [0.5, 0.6) is 0 Å². The number of pyridine rings is 1. The average molecular weight is 623 g/mol. The number of thioether (sulfide) groups is 1. The first-order valence-corrected chi connectivity index (χ1v) is 15.0. The molecule has 1 aliphatic heterocycles. The van der Waals surface area contributed by atoms with Gasteiger partial charge in [0.15, 0.2) is 10.1 Å². The van der Waals surface area contributed by atoms with Gasteiger partial charge in [0, 0.05) is 11.9 Å². The number of Topliss-reactive ketones (excluding diaryl/α,β-unsaturated/α-hetero) is 1. The molecule has 4 heterocycles. The first-order valence-electron chi connectivity index (χ1n) is 12.4. The summed E-state index contributed by atoms with van der Waals surface area (Å²) >= 11 is 15.2. The Bertz CT molecular complexity index is 1870. The third-order valence-corrected chi connectivity index (χ3v) is 9.58. The van der Waals surface area contributed by atoms with Crippen LogP contribution in [0.15, 0.2) is 76.8 Å². The van der Waals surface area contributed by atoms with Crippen molar-refractivity contribution >= 4 is 74.5 Å². The van der Waals surface area contributed by atoms with E-state index in [0.717, 1.165) is 5.56 Å². The average Bonchev–Trinajstić information content (AvgIpc) is 3.63. The van der Waals surface area contributed by atoms with E-state index in [9.17, 15) is 14.7 Å². The summed E-state index contributed by atoms with van der Waals surface area (Å²) in [5.74, 6) is -1.37. The van der Waals surface area contributed by atoms with Gasteiger partial charge in [0.2, 0.25) is 5.13 Å². The SMILES string of the molecule is Cc1ccc(CSc2nnc(N3C(=O)C(=O)C(=C(O)c4c(C)nc5ccccn45)C3c3ccc(Cl)c(Cl)c3)s2)cc1. The molecule has 1 N–H and O–H groups in total. The van der Waals surface area contributed by atoms with E-state index in [0.29, 0.717) is 37.7 Å². The molecule has 6 rings (SSSR count). The number of rotatable bonds is 6. The van der Waals surface area contributed by atoms with E-state index in [4.69, 9.17) is 23.2 Å². The molecule has 0 aliphatic carbocycles. The minimum atomic E-state index is -1.03. The van der Waals surface area contributed by atoms with Gasteiger partial charge in [0.05, 0.1) is 27.4 Å². The Morgan fingerprint density at radius 1 is 1.02 bits per heavy atom. The summed E-state index contributed by atoms with van der Waals surface area (Å²) in [5.41, 5.74) is 4.08. The predicted octanol–water partition coefficient (Wildman–Crippen LogP) is 7.03. The highest BCUT2D eigenvalue weighted by atomic mass is 35.5. The highest BCUT2D eigenvalue weighted by molar-refractivity contribution is 8.00. The van der Waals surface area contributed by atoms with Crippen LogP contribution in [0.25, 0.3) is 11.4 Å². The summed E-state index contributed by atoms with van der Waals surface area (Å²) in [6, 6.07) is 17.4. The van der Waals surface area contributed by atoms with Crippen LogP contribution in [0.1, 0.15) is 34.1 Å². The number of amides is 1. The number of fused-ring (bicyclic) bond motifs is 1. The van der Waals surface area contributed by atoms with Gasteiger partial charge in [-0.15, -0.1) is 10.2 Å². The molecule has 41 heavy (non-hydrogen) atoms. The Labute approximate surface area is 253 Å². The molecule has 5 aromatic rings. The highest BCUT2D eigenvalue weighted by Crippen LogP contribution is 2.45. The Hall–Kier alpha value is -3.70. The number of aliphatic hydroxyl groups excluding tert-OH is 1. The number of nitrogens with zero attached hydrogens (tertiary/aromatic N) is 5. The van der Waals surface area contributed by atoms with Gasteiger partial charge in [-0.1, -0.05) is 88.3 Å². The fourth-order valence-electron chi connectivity index (χ4n) is 4.74. The Kier molecular flexibility index (Phi) is 7.33. The van der Waals surface area contributed by atoms with Crippen molar-refractivity contribution in [2.24, 2.45) is 0 Å². The summed E-state index contributed by atoms with van der Waals surface area (Å²) in [5, 5.41) is 21.0. The minimum Gasteiger partial charge on any atom is -0.505 e. The zero-order chi connectivity index (χ0) is 28.8. The maximum Gasteiger partial charge on any atom is 0.301 e. The fraction of sp³-hybridized carbons (Fsp3) is 0.138. The largest absolute Gasteiger partial charge is 0.505 e. The zero-order valence-electron chi connectivity index (χ0n) is 21.7. The van der Waals surface area contributed by atoms with Crippen molar-refractivity contribution < 1.29 is 14.7 Å². The number of carbonyl (C=O) groups is 2. The van der Waals surface area contributed by atoms with Crippen LogP contribution in [-0.4, -0.2) is 36.4 Å². The molecule has 2 aromatic carbocycles. The van der Waals surface area contributed by atoms with Crippen molar-refractivity contribution in [1.29, 1.82) is 0 Å². The number of ketones is 1. The van der Waals surface area contributed by atoms with E-state index in [1.54, 1.807) is 47.9 Å². The smallest absolute Gasteiger partial charge is 0.301 e. The minimum absolute atomic E-state index is 0.105. The van der Waals surface area contributed by atoms with Crippen LogP contribution in [0, 0.1) is 13.8 Å². The molecular formula is C29H21Cl2N5O3S2. The van der Waals surface area contributed by atoms with Gasteiger partial charge in [0.1, 0.15) is 11.3 Å². The third kappa shape index (κ3) is 5.01. The van der Waals surface area contributed by atoms with Crippen molar-refractivity contribution in [2.45, 2.75) is 30.0 Å². The van der Waals surface area contributed by atoms with Crippen molar-refractivity contribution in [3.63, 3.8) is 0 Å². The van der Waals surface area contributed by atoms with Crippen molar-refractivity contribution in [3.05, 3.63) is 111 Å². The summed E-state index contributed by atoms with van der Waals surface area (Å²) in [4.78, 5) is 32.9. The van der Waals surface area contributed by atoms with Gasteiger partial charge in [-0.05, 0) is 49.2 Å². The summed E-state index contributed by atoms with van der Waals surface area (Å²) in [6.07, 6.45) is 1.73. The topological polar surface area (TPSA) is 101 Å². The van der Waals surface area contributed by atoms with Crippen molar-refractivity contribution in [3.8, 4) is 0 Å². The van der Waals surface area contributed by atoms with Crippen molar-refractivity contribution in [1.82, 2.24) is 19.6 Å². The first kappa shape index (κ1) is 27.5. The van der Waals surface area contributed by atoms with Gasteiger partial charge in [-0.25, -0.2) is 4.98 Å². The van der Waals surface area contributed by atoms with Gasteiger partial charge in [0.25, 0.3) is 5.78 Å². The number of benzene rings is 2. The number of halogens is 2. The van der Waals surface area contributed by atoms with Gasteiger partial charge in [-0.2, -0.15) is 0 Å². The lowest BCUT2D eigenvalue weighted by Gasteiger charge is -2.22. The second-order valence-electron chi connectivity index (χ2n) is 9.44. The number of aromatic nitrogens is 4. The molecule has 206 valence electrons. The molecule has 1 unspecified atom stereocenters. The molecule has 0 saturated carbocycles. The lowest BCUT2D eigenvalue weighted by molar-refractivity contribution is -0.132. The molecule has 12 heteroatoms. The quantitative estimate of drug-likeness (QED) is 0.0714. The van der Waals surface area contributed by atoms with E-state index < -0.39 is 17.7 Å². The molecule has 0 spiro atoms. The molecule has 1 amide bonds. The summed E-state index contributed by atoms with van der Waals surface area (Å²) < 4.78 is 2.31. The molecule has 1 fully saturated rings. The van der Waals surface area contributed by atoms with Gasteiger partial charge >= 0.3 is 5.91 Å². The fourth-order valence-corrected chi connectivity index (χ4v) is 6.87. The summed E-state index contributed by atoms with van der Waals surface area (Å²) in [7, 11) is 0. The Morgan fingerprint density at radius 2 is 1.80 bits per heavy atom. The van der Waals surface area contributed by atoms with Gasteiger partial charge < -0.3 is 5.11 Å². The Balaban J connectivity index is 1.45. The number of anilines is 1. The molecular weight excluding hydrogens is 601 g/mol. The van der Waals surface area contributed by atoms with E-state index in [1.807, 2.05) is 25.1 Å². The van der Waals surface area contributed by atoms with Gasteiger partial charge in [-0.3, -0.25) is 18.9 Å². The molecule has 1 aliphatic rings. The van der Waals surface area contributed by atoms with Crippen LogP contribution >= 0.6 is 46.3 Å². The third-order valence-electron chi connectivity index (χ3n) is 6.72. The number of hydrogen-bond acceptors (Lipinski definition) is 8. The number of carbonyl (C=O) groups excluding carboxylic acids is 2. The molecule has 3 aromatic heterocycles. The maximum atomic E-state index is 13.6. The normalized spacial score (nSPS) is 16.7. The van der Waals surface area contributed by atoms with E-state index in [-0.39, 0.29) is 21.5 Å². The highest BCUT2D eigenvalue weighted by Gasteiger charge is 2.49. The van der Waals surface area contributed by atoms with Crippen LogP contribution in [0.4, 0.5) is 5.13 Å². The lowest BCUT2D eigenvalue weighted by Crippen LogP contribution is -2.29. The van der Waals surface area contributed by atoms with Crippen LogP contribution in [0.2, 0.25) is 10.0 Å². The maximum absolute atomic E-state index is 13.6. The van der Waals surface area contributed by atoms with Crippen LogP contribution in [-0.2, 0) is 15.3 Å². The molecule has 8 nitrogen and oxygen atoms in total. The summed E-state index contributed by atoms with van der Waals surface area (Å²) in [6.45, 7) is 3.76. The standard InChI is InChI=1S/C29H21Cl2N5O3S2/c1-15-6-8-17(9-7-15)14-40-29-34-33-28(41-29)36-24(18-10-11-19(30)20(31)13-18)22(26(38)27(36)39)25(37)23-16(2)32-21-5-3-4-12-35(21)23/h3-13,24,37H,14H2,1-2H3. The first-order chi connectivity index (χ1) is 19.7. The molecule has 0 radical (unpaired) electrons. The molecule has 1 atom stereocenters.